The molecule has 2 rings (SSSR count). The van der Waals surface area contributed by atoms with Gasteiger partial charge >= 0.3 is 6.18 Å². The van der Waals surface area contributed by atoms with Crippen LogP contribution in [0.4, 0.5) is 13.2 Å². The molecule has 7 heteroatoms. The molecule has 0 amide bonds. The smallest absolute Gasteiger partial charge is 0.416 e. The number of ether oxygens (including phenoxy) is 2. The molecule has 0 fully saturated rings. The Hall–Kier alpha value is -2.96. The van der Waals surface area contributed by atoms with E-state index in [-0.39, 0.29) is 23.1 Å². The number of carboxylic acid groups (broad SMARTS) is 1. The zero-order chi connectivity index (χ0) is 20.2. The van der Waals surface area contributed by atoms with E-state index in [1.54, 1.807) is 19.1 Å². The largest absolute Gasteiger partial charge is 0.545 e. The lowest BCUT2D eigenvalue weighted by Gasteiger charge is -2.19. The van der Waals surface area contributed by atoms with Crippen molar-refractivity contribution in [3.63, 3.8) is 0 Å². The molecule has 0 N–H and O–H groups in total. The number of aliphatic carboxylic acids is 1. The molecule has 0 aliphatic rings. The molecule has 2 aromatic carbocycles. The van der Waals surface area contributed by atoms with Crippen molar-refractivity contribution in [3.05, 3.63) is 64.7 Å². The third-order valence-corrected chi connectivity index (χ3v) is 4.05. The van der Waals surface area contributed by atoms with Crippen LogP contribution in [0.3, 0.4) is 0 Å². The minimum Gasteiger partial charge on any atom is -0.545 e. The summed E-state index contributed by atoms with van der Waals surface area (Å²) in [5.41, 5.74) is -0.330. The highest BCUT2D eigenvalue weighted by Gasteiger charge is 2.31. The second-order valence-electron chi connectivity index (χ2n) is 5.64. The van der Waals surface area contributed by atoms with Crippen LogP contribution in [0.2, 0.25) is 0 Å². The van der Waals surface area contributed by atoms with Crippen molar-refractivity contribution in [3.8, 4) is 11.5 Å². The third-order valence-electron chi connectivity index (χ3n) is 4.05. The Kier molecular flexibility index (Phi) is 6.15. The van der Waals surface area contributed by atoms with Gasteiger partial charge in [0, 0.05) is 0 Å². The fraction of sp³-hybridized carbons (Fsp3) is 0.250. The molecule has 0 aliphatic carbocycles. The van der Waals surface area contributed by atoms with E-state index in [0.29, 0.717) is 17.1 Å². The van der Waals surface area contributed by atoms with Crippen molar-refractivity contribution in [1.29, 1.82) is 0 Å². The molecule has 0 aromatic heterocycles. The summed E-state index contributed by atoms with van der Waals surface area (Å²) in [5, 5.41) is 11.6. The molecule has 0 saturated carbocycles. The lowest BCUT2D eigenvalue weighted by Crippen LogP contribution is -2.25. The van der Waals surface area contributed by atoms with Gasteiger partial charge in [0.1, 0.15) is 0 Å². The summed E-state index contributed by atoms with van der Waals surface area (Å²) in [6.07, 6.45) is -4.48. The predicted octanol–water partition coefficient (Wildman–Crippen LogP) is 3.68. The normalized spacial score (nSPS) is 12.4. The molecule has 0 bridgehead atoms. The quantitative estimate of drug-likeness (QED) is 0.719. The van der Waals surface area contributed by atoms with E-state index < -0.39 is 17.7 Å². The first-order valence-corrected chi connectivity index (χ1v) is 8.07. The van der Waals surface area contributed by atoms with Gasteiger partial charge in [0.15, 0.2) is 11.5 Å². The summed E-state index contributed by atoms with van der Waals surface area (Å²) in [6.45, 7) is 1.60. The molecule has 27 heavy (non-hydrogen) atoms. The maximum Gasteiger partial charge on any atom is 0.416 e. The molecular weight excluding hydrogens is 361 g/mol. The van der Waals surface area contributed by atoms with Crippen LogP contribution in [0.15, 0.2) is 48.0 Å². The van der Waals surface area contributed by atoms with Gasteiger partial charge in [-0.15, -0.1) is 0 Å². The Labute approximate surface area is 154 Å². The summed E-state index contributed by atoms with van der Waals surface area (Å²) in [5.74, 6) is -0.705. The van der Waals surface area contributed by atoms with E-state index in [1.807, 2.05) is 0 Å². The average Bonchev–Trinajstić information content (AvgIpc) is 2.64. The second-order valence-corrected chi connectivity index (χ2v) is 5.64. The Morgan fingerprint density at radius 2 is 1.63 bits per heavy atom. The summed E-state index contributed by atoms with van der Waals surface area (Å²) in [6, 6.07) is 9.17. The van der Waals surface area contributed by atoms with E-state index in [1.165, 1.54) is 32.4 Å². The summed E-state index contributed by atoms with van der Waals surface area (Å²) in [7, 11) is 2.86. The third kappa shape index (κ3) is 4.42. The topological polar surface area (TPSA) is 58.6 Å². The van der Waals surface area contributed by atoms with E-state index in [2.05, 4.69) is 0 Å². The zero-order valence-corrected chi connectivity index (χ0v) is 15.0. The van der Waals surface area contributed by atoms with E-state index >= 15 is 0 Å². The van der Waals surface area contributed by atoms with E-state index in [4.69, 9.17) is 9.47 Å². The Balaban J connectivity index is 2.77. The lowest BCUT2D eigenvalue weighted by atomic mass is 9.90. The van der Waals surface area contributed by atoms with Crippen LogP contribution in [0.1, 0.15) is 30.0 Å². The highest BCUT2D eigenvalue weighted by Crippen LogP contribution is 2.37. The molecule has 2 aromatic rings. The van der Waals surface area contributed by atoms with E-state index in [9.17, 15) is 23.1 Å². The molecule has 4 nitrogen and oxygen atoms in total. The Morgan fingerprint density at radius 1 is 1.00 bits per heavy atom. The zero-order valence-electron chi connectivity index (χ0n) is 15.0. The van der Waals surface area contributed by atoms with Crippen molar-refractivity contribution in [2.45, 2.75) is 19.5 Å². The SMILES string of the molecule is CC/C(C(=O)[O-])=C(\c1cccc(C(F)(F)F)c1)c1ccc(OC)c(OC)c1. The first-order valence-electron chi connectivity index (χ1n) is 8.07. The number of hydrogen-bond donors (Lipinski definition) is 0. The Morgan fingerprint density at radius 3 is 2.15 bits per heavy atom. The molecule has 0 saturated heterocycles. The number of carboxylic acids is 1. The summed E-state index contributed by atoms with van der Waals surface area (Å²) in [4.78, 5) is 11.6. The number of rotatable bonds is 6. The van der Waals surface area contributed by atoms with E-state index in [0.717, 1.165) is 12.1 Å². The molecule has 0 heterocycles. The second kappa shape index (κ2) is 8.16. The number of hydrogen-bond acceptors (Lipinski definition) is 4. The standard InChI is InChI=1S/C20H19F3O4/c1-4-15(19(24)25)18(12-6-5-7-14(10-12)20(21,22)23)13-8-9-16(26-2)17(11-13)27-3/h5-11H,4H2,1-3H3,(H,24,25)/p-1/b18-15-. The van der Waals surface area contributed by atoms with Crippen LogP contribution < -0.4 is 14.6 Å². The number of benzene rings is 2. The van der Waals surface area contributed by atoms with Crippen LogP contribution in [0.25, 0.3) is 5.57 Å². The van der Waals surface area contributed by atoms with Gasteiger partial charge in [-0.2, -0.15) is 13.2 Å². The fourth-order valence-corrected chi connectivity index (χ4v) is 2.78. The molecular formula is C20H18F3O4-. The van der Waals surface area contributed by atoms with Crippen molar-refractivity contribution in [1.82, 2.24) is 0 Å². The number of methoxy groups -OCH3 is 2. The first-order chi connectivity index (χ1) is 12.7. The van der Waals surface area contributed by atoms with Crippen LogP contribution in [0.5, 0.6) is 11.5 Å². The molecule has 0 radical (unpaired) electrons. The maximum absolute atomic E-state index is 13.1. The van der Waals surface area contributed by atoms with Gasteiger partial charge < -0.3 is 19.4 Å². The minimum absolute atomic E-state index is 0.0717. The summed E-state index contributed by atoms with van der Waals surface area (Å²) >= 11 is 0. The number of carbonyl (C=O) groups is 1. The molecule has 0 atom stereocenters. The van der Waals surface area contributed by atoms with Gasteiger partial charge in [-0.3, -0.25) is 0 Å². The fourth-order valence-electron chi connectivity index (χ4n) is 2.78. The number of carbonyl (C=O) groups excluding carboxylic acids is 1. The summed E-state index contributed by atoms with van der Waals surface area (Å²) < 4.78 is 49.7. The van der Waals surface area contributed by atoms with Crippen molar-refractivity contribution < 1.29 is 32.5 Å². The van der Waals surface area contributed by atoms with Crippen molar-refractivity contribution in [2.24, 2.45) is 0 Å². The average molecular weight is 379 g/mol. The van der Waals surface area contributed by atoms with Crippen molar-refractivity contribution in [2.75, 3.05) is 14.2 Å². The van der Waals surface area contributed by atoms with Crippen molar-refractivity contribution >= 4 is 11.5 Å². The van der Waals surface area contributed by atoms with Gasteiger partial charge in [-0.05, 0) is 53.0 Å². The number of alkyl halides is 3. The van der Waals surface area contributed by atoms with Crippen LogP contribution >= 0.6 is 0 Å². The minimum atomic E-state index is -4.55. The monoisotopic (exact) mass is 379 g/mol. The molecule has 0 unspecified atom stereocenters. The van der Waals surface area contributed by atoms with Crippen LogP contribution in [-0.2, 0) is 11.0 Å². The molecule has 0 spiro atoms. The highest BCUT2D eigenvalue weighted by molar-refractivity contribution is 6.00. The van der Waals surface area contributed by atoms with Gasteiger partial charge in [0.25, 0.3) is 0 Å². The van der Waals surface area contributed by atoms with Gasteiger partial charge in [-0.1, -0.05) is 25.1 Å². The van der Waals surface area contributed by atoms with Crippen LogP contribution in [-0.4, -0.2) is 20.2 Å². The van der Waals surface area contributed by atoms with Gasteiger partial charge in [0.2, 0.25) is 0 Å². The van der Waals surface area contributed by atoms with Crippen LogP contribution in [0, 0.1) is 0 Å². The first kappa shape index (κ1) is 20.4. The lowest BCUT2D eigenvalue weighted by molar-refractivity contribution is -0.299. The maximum atomic E-state index is 13.1. The van der Waals surface area contributed by atoms with Gasteiger partial charge in [-0.25, -0.2) is 0 Å². The number of halogens is 3. The molecule has 144 valence electrons. The van der Waals surface area contributed by atoms with Gasteiger partial charge in [0.05, 0.1) is 25.8 Å². The Bertz CT molecular complexity index is 870. The predicted molar refractivity (Wildman–Crippen MR) is 92.3 cm³/mol. The molecule has 0 aliphatic heterocycles. The highest BCUT2D eigenvalue weighted by atomic mass is 19.4.